The minimum absolute atomic E-state index is 0.0331. The maximum Gasteiger partial charge on any atom is 0.294 e. The van der Waals surface area contributed by atoms with Crippen LogP contribution in [0.5, 0.6) is 0 Å². The minimum atomic E-state index is -0.402. The number of carbonyl (C=O) groups is 2. The lowest BCUT2D eigenvalue weighted by Gasteiger charge is -2.36. The predicted octanol–water partition coefficient (Wildman–Crippen LogP) is 3.76. The van der Waals surface area contributed by atoms with E-state index in [0.29, 0.717) is 23.2 Å². The Morgan fingerprint density at radius 2 is 1.57 bits per heavy atom. The Kier molecular flexibility index (Phi) is 4.85. The number of nitrogens with zero attached hydrogens (tertiary/aromatic N) is 3. The number of piperidine rings is 1. The van der Waals surface area contributed by atoms with E-state index in [-0.39, 0.29) is 29.3 Å². The van der Waals surface area contributed by atoms with Crippen molar-refractivity contribution in [3.8, 4) is 0 Å². The number of nitro benzene ring substituents is 1. The van der Waals surface area contributed by atoms with Gasteiger partial charge in [0, 0.05) is 19.2 Å². The van der Waals surface area contributed by atoms with Crippen LogP contribution >= 0.6 is 0 Å². The lowest BCUT2D eigenvalue weighted by atomic mass is 9.81. The first-order valence-corrected chi connectivity index (χ1v) is 10.3. The van der Waals surface area contributed by atoms with E-state index >= 15 is 0 Å². The molecule has 2 heterocycles. The largest absolute Gasteiger partial charge is 0.365 e. The molecule has 0 aromatic heterocycles. The zero-order valence-electron chi connectivity index (χ0n) is 16.5. The molecule has 1 aliphatic carbocycles. The highest BCUT2D eigenvalue weighted by molar-refractivity contribution is 6.22. The summed E-state index contributed by atoms with van der Waals surface area (Å²) < 4.78 is 0. The fourth-order valence-electron chi connectivity index (χ4n) is 5.34. The third kappa shape index (κ3) is 3.16. The van der Waals surface area contributed by atoms with E-state index in [0.717, 1.165) is 45.2 Å². The summed E-state index contributed by atoms with van der Waals surface area (Å²) in [4.78, 5) is 40.3. The van der Waals surface area contributed by atoms with E-state index in [9.17, 15) is 19.7 Å². The number of hydrogen-bond acceptors (Lipinski definition) is 5. The molecule has 3 fully saturated rings. The van der Waals surface area contributed by atoms with E-state index in [1.54, 1.807) is 12.1 Å². The normalized spacial score (nSPS) is 30.5. The molecule has 1 aromatic rings. The Bertz CT molecular complexity index is 790. The van der Waals surface area contributed by atoms with Crippen LogP contribution in [-0.4, -0.2) is 29.8 Å². The third-order valence-electron chi connectivity index (χ3n) is 6.46. The van der Waals surface area contributed by atoms with Gasteiger partial charge in [0.1, 0.15) is 5.69 Å². The first kappa shape index (κ1) is 18.9. The van der Waals surface area contributed by atoms with Crippen LogP contribution in [0.25, 0.3) is 0 Å². The number of benzene rings is 1. The second kappa shape index (κ2) is 7.18. The van der Waals surface area contributed by atoms with Crippen LogP contribution in [0.1, 0.15) is 46.0 Å². The minimum Gasteiger partial charge on any atom is -0.365 e. The molecule has 0 radical (unpaired) electrons. The smallest absolute Gasteiger partial charge is 0.294 e. The average Bonchev–Trinajstić information content (AvgIpc) is 2.91. The molecule has 2 amide bonds. The van der Waals surface area contributed by atoms with Gasteiger partial charge < -0.3 is 4.90 Å². The van der Waals surface area contributed by atoms with Gasteiger partial charge in [0.2, 0.25) is 11.8 Å². The van der Waals surface area contributed by atoms with Gasteiger partial charge in [0.25, 0.3) is 5.69 Å². The Balaban J connectivity index is 1.68. The molecule has 0 spiro atoms. The molecule has 4 unspecified atom stereocenters. The number of anilines is 2. The fourth-order valence-corrected chi connectivity index (χ4v) is 5.34. The van der Waals surface area contributed by atoms with Crippen molar-refractivity contribution in [3.05, 3.63) is 28.3 Å². The van der Waals surface area contributed by atoms with E-state index in [1.165, 1.54) is 11.0 Å². The summed E-state index contributed by atoms with van der Waals surface area (Å²) in [6, 6.07) is 4.81. The molecule has 28 heavy (non-hydrogen) atoms. The Hall–Kier alpha value is -2.44. The summed E-state index contributed by atoms with van der Waals surface area (Å²) in [5.74, 6) is 0.0160. The molecule has 1 aromatic carbocycles. The van der Waals surface area contributed by atoms with E-state index in [1.807, 2.05) is 0 Å². The molecule has 0 bridgehead atoms. The molecule has 2 aliphatic heterocycles. The second-order valence-electron chi connectivity index (χ2n) is 8.79. The van der Waals surface area contributed by atoms with Gasteiger partial charge in [-0.3, -0.25) is 19.7 Å². The van der Waals surface area contributed by atoms with Crippen molar-refractivity contribution >= 4 is 28.9 Å². The van der Waals surface area contributed by atoms with Crippen LogP contribution in [0.3, 0.4) is 0 Å². The summed E-state index contributed by atoms with van der Waals surface area (Å²) >= 11 is 0. The number of hydrogen-bond donors (Lipinski definition) is 0. The molecule has 150 valence electrons. The molecule has 1 saturated carbocycles. The van der Waals surface area contributed by atoms with Crippen molar-refractivity contribution in [1.82, 2.24) is 0 Å². The van der Waals surface area contributed by atoms with Crippen LogP contribution in [0.4, 0.5) is 17.1 Å². The van der Waals surface area contributed by atoms with Gasteiger partial charge in [0.05, 0.1) is 22.4 Å². The standard InChI is InChI=1S/C21H27N3O4/c1-13-9-14(2)12-22(11-13)18-8-7-15(10-19(18)24(27)28)23-20(25)16-5-3-4-6-17(16)21(23)26/h7-8,10,13-14,16-17H,3-6,9,11-12H2,1-2H3. The van der Waals surface area contributed by atoms with Crippen molar-refractivity contribution in [2.75, 3.05) is 22.9 Å². The number of rotatable bonds is 3. The average molecular weight is 385 g/mol. The predicted molar refractivity (Wildman–Crippen MR) is 106 cm³/mol. The Morgan fingerprint density at radius 1 is 1.00 bits per heavy atom. The first-order chi connectivity index (χ1) is 13.4. The molecule has 7 nitrogen and oxygen atoms in total. The molecule has 4 rings (SSSR count). The number of imide groups is 1. The highest BCUT2D eigenvalue weighted by Gasteiger charge is 2.49. The molecule has 7 heteroatoms. The number of amides is 2. The third-order valence-corrected chi connectivity index (χ3v) is 6.46. The first-order valence-electron chi connectivity index (χ1n) is 10.3. The Morgan fingerprint density at radius 3 is 2.11 bits per heavy atom. The van der Waals surface area contributed by atoms with Crippen LogP contribution in [-0.2, 0) is 9.59 Å². The molecular weight excluding hydrogens is 358 g/mol. The van der Waals surface area contributed by atoms with Gasteiger partial charge >= 0.3 is 0 Å². The van der Waals surface area contributed by atoms with Crippen LogP contribution < -0.4 is 9.80 Å². The SMILES string of the molecule is CC1CC(C)CN(c2ccc(N3C(=O)C4CCCCC4C3=O)cc2[N+](=O)[O-])C1. The highest BCUT2D eigenvalue weighted by atomic mass is 16.6. The van der Waals surface area contributed by atoms with Gasteiger partial charge in [-0.1, -0.05) is 26.7 Å². The van der Waals surface area contributed by atoms with Gasteiger partial charge in [-0.25, -0.2) is 4.90 Å². The maximum atomic E-state index is 12.8. The van der Waals surface area contributed by atoms with E-state index < -0.39 is 4.92 Å². The van der Waals surface area contributed by atoms with Gasteiger partial charge in [-0.05, 0) is 43.2 Å². The Labute approximate surface area is 164 Å². The fraction of sp³-hybridized carbons (Fsp3) is 0.619. The van der Waals surface area contributed by atoms with Crippen molar-refractivity contribution in [2.24, 2.45) is 23.7 Å². The van der Waals surface area contributed by atoms with Crippen molar-refractivity contribution in [3.63, 3.8) is 0 Å². The number of fused-ring (bicyclic) bond motifs is 1. The summed E-state index contributed by atoms with van der Waals surface area (Å²) in [7, 11) is 0. The monoisotopic (exact) mass is 385 g/mol. The zero-order chi connectivity index (χ0) is 20.0. The van der Waals surface area contributed by atoms with E-state index in [2.05, 4.69) is 18.7 Å². The second-order valence-corrected chi connectivity index (χ2v) is 8.79. The lowest BCUT2D eigenvalue weighted by molar-refractivity contribution is -0.384. The summed E-state index contributed by atoms with van der Waals surface area (Å²) in [6.45, 7) is 5.87. The van der Waals surface area contributed by atoms with Crippen LogP contribution in [0.15, 0.2) is 18.2 Å². The number of nitro groups is 1. The topological polar surface area (TPSA) is 83.8 Å². The summed E-state index contributed by atoms with van der Waals surface area (Å²) in [5, 5.41) is 11.8. The van der Waals surface area contributed by atoms with Gasteiger partial charge in [-0.15, -0.1) is 0 Å². The summed E-state index contributed by atoms with van der Waals surface area (Å²) in [5.41, 5.74) is 0.871. The summed E-state index contributed by atoms with van der Waals surface area (Å²) in [6.07, 6.45) is 4.49. The maximum absolute atomic E-state index is 12.8. The molecule has 3 aliphatic rings. The van der Waals surface area contributed by atoms with Crippen molar-refractivity contribution in [2.45, 2.75) is 46.0 Å². The number of carbonyl (C=O) groups excluding carboxylic acids is 2. The van der Waals surface area contributed by atoms with Gasteiger partial charge in [0.15, 0.2) is 0 Å². The van der Waals surface area contributed by atoms with Crippen molar-refractivity contribution in [1.29, 1.82) is 0 Å². The lowest BCUT2D eigenvalue weighted by Crippen LogP contribution is -2.39. The van der Waals surface area contributed by atoms with Crippen LogP contribution in [0, 0.1) is 33.8 Å². The van der Waals surface area contributed by atoms with Gasteiger partial charge in [-0.2, -0.15) is 0 Å². The van der Waals surface area contributed by atoms with Crippen LogP contribution in [0.2, 0.25) is 0 Å². The zero-order valence-corrected chi connectivity index (χ0v) is 16.5. The van der Waals surface area contributed by atoms with E-state index in [4.69, 9.17) is 0 Å². The molecule has 0 N–H and O–H groups in total. The highest BCUT2D eigenvalue weighted by Crippen LogP contribution is 2.42. The quantitative estimate of drug-likeness (QED) is 0.449. The molecule has 4 atom stereocenters. The molecular formula is C21H27N3O4. The van der Waals surface area contributed by atoms with Crippen molar-refractivity contribution < 1.29 is 14.5 Å². The molecule has 2 saturated heterocycles.